The van der Waals surface area contributed by atoms with Crippen molar-refractivity contribution in [3.05, 3.63) is 29.3 Å². The van der Waals surface area contributed by atoms with E-state index in [2.05, 4.69) is 44.3 Å². The second kappa shape index (κ2) is 6.19. The Balaban J connectivity index is 0.00000176. The summed E-state index contributed by atoms with van der Waals surface area (Å²) < 4.78 is 0. The first-order chi connectivity index (χ1) is 9.86. The molecule has 2 aliphatic rings. The zero-order valence-electron chi connectivity index (χ0n) is 13.4. The zero-order chi connectivity index (χ0) is 15.2. The molecule has 2 N–H and O–H groups in total. The van der Waals surface area contributed by atoms with Crippen LogP contribution < -0.4 is 10.2 Å². The summed E-state index contributed by atoms with van der Waals surface area (Å²) in [7, 11) is 0. The fraction of sp³-hybridized carbons (Fsp3) is 0.588. The minimum Gasteiger partial charge on any atom is -0.392 e. The zero-order valence-corrected chi connectivity index (χ0v) is 14.2. The molecule has 0 spiro atoms. The number of carbonyl (C=O) groups is 1. The van der Waals surface area contributed by atoms with Gasteiger partial charge >= 0.3 is 0 Å². The van der Waals surface area contributed by atoms with E-state index in [-0.39, 0.29) is 29.8 Å². The lowest BCUT2D eigenvalue weighted by molar-refractivity contribution is -0.120. The predicted octanol–water partition coefficient (Wildman–Crippen LogP) is 2.02. The van der Waals surface area contributed by atoms with Gasteiger partial charge in [0.1, 0.15) is 0 Å². The molecule has 0 aliphatic carbocycles. The van der Waals surface area contributed by atoms with Crippen molar-refractivity contribution >= 4 is 24.0 Å². The average molecular weight is 325 g/mol. The highest BCUT2D eigenvalue weighted by Crippen LogP contribution is 2.33. The minimum atomic E-state index is -0.399. The molecule has 0 radical (unpaired) electrons. The van der Waals surface area contributed by atoms with Crippen LogP contribution in [0.3, 0.4) is 0 Å². The summed E-state index contributed by atoms with van der Waals surface area (Å²) >= 11 is 0. The number of fused-ring (bicyclic) bond motifs is 1. The molecule has 2 unspecified atom stereocenters. The topological polar surface area (TPSA) is 52.6 Å². The second-order valence-electron chi connectivity index (χ2n) is 7.18. The van der Waals surface area contributed by atoms with E-state index in [1.807, 2.05) is 4.90 Å². The standard InChI is InChI=1S/C17H24N2O2.ClH/c1-17(2,3)12-4-5-15-11(8-12)6-7-19(15)16(21)14-9-13(20)10-18-14;/h4-5,8,13-14,18,20H,6-7,9-10H2,1-3H3;1H. The monoisotopic (exact) mass is 324 g/mol. The molecule has 1 amide bonds. The van der Waals surface area contributed by atoms with Gasteiger partial charge < -0.3 is 15.3 Å². The quantitative estimate of drug-likeness (QED) is 0.831. The molecular weight excluding hydrogens is 300 g/mol. The van der Waals surface area contributed by atoms with Crippen LogP contribution in [0.15, 0.2) is 18.2 Å². The first-order valence-corrected chi connectivity index (χ1v) is 7.72. The maximum atomic E-state index is 12.6. The molecule has 1 fully saturated rings. The number of anilines is 1. The number of nitrogens with one attached hydrogen (secondary N) is 1. The SMILES string of the molecule is CC(C)(C)c1ccc2c(c1)CCN2C(=O)C1CC(O)CN1.Cl. The van der Waals surface area contributed by atoms with Crippen molar-refractivity contribution in [3.8, 4) is 0 Å². The van der Waals surface area contributed by atoms with Gasteiger partial charge in [0.05, 0.1) is 12.1 Å². The van der Waals surface area contributed by atoms with Gasteiger partial charge in [-0.15, -0.1) is 12.4 Å². The number of benzene rings is 1. The number of aliphatic hydroxyl groups is 1. The third kappa shape index (κ3) is 3.14. The van der Waals surface area contributed by atoms with Crippen LogP contribution in [0.4, 0.5) is 5.69 Å². The van der Waals surface area contributed by atoms with Crippen LogP contribution in [0.5, 0.6) is 0 Å². The maximum absolute atomic E-state index is 12.6. The van der Waals surface area contributed by atoms with Crippen molar-refractivity contribution < 1.29 is 9.90 Å². The van der Waals surface area contributed by atoms with Crippen molar-refractivity contribution in [2.75, 3.05) is 18.0 Å². The number of carbonyl (C=O) groups excluding carboxylic acids is 1. The van der Waals surface area contributed by atoms with E-state index in [1.54, 1.807) is 0 Å². The number of nitrogens with zero attached hydrogens (tertiary/aromatic N) is 1. The lowest BCUT2D eigenvalue weighted by Gasteiger charge is -2.23. The van der Waals surface area contributed by atoms with E-state index >= 15 is 0 Å². The number of halogens is 1. The van der Waals surface area contributed by atoms with Crippen molar-refractivity contribution in [1.82, 2.24) is 5.32 Å². The highest BCUT2D eigenvalue weighted by Gasteiger charge is 2.34. The molecule has 4 nitrogen and oxygen atoms in total. The summed E-state index contributed by atoms with van der Waals surface area (Å²) in [6, 6.07) is 6.20. The van der Waals surface area contributed by atoms with Gasteiger partial charge in [0.25, 0.3) is 0 Å². The maximum Gasteiger partial charge on any atom is 0.244 e. The van der Waals surface area contributed by atoms with Gasteiger partial charge in [0.2, 0.25) is 5.91 Å². The lowest BCUT2D eigenvalue weighted by atomic mass is 9.86. The molecule has 22 heavy (non-hydrogen) atoms. The molecule has 2 aliphatic heterocycles. The van der Waals surface area contributed by atoms with Crippen LogP contribution in [0.2, 0.25) is 0 Å². The molecule has 1 aromatic rings. The summed E-state index contributed by atoms with van der Waals surface area (Å²) in [6.07, 6.45) is 1.04. The summed E-state index contributed by atoms with van der Waals surface area (Å²) in [6.45, 7) is 7.87. The highest BCUT2D eigenvalue weighted by molar-refractivity contribution is 5.99. The molecule has 0 saturated carbocycles. The Hall–Kier alpha value is -1.10. The Kier molecular flexibility index (Phi) is 4.85. The van der Waals surface area contributed by atoms with E-state index in [9.17, 15) is 9.90 Å². The molecule has 1 aromatic carbocycles. The second-order valence-corrected chi connectivity index (χ2v) is 7.18. The fourth-order valence-corrected chi connectivity index (χ4v) is 3.19. The Morgan fingerprint density at radius 2 is 2.09 bits per heavy atom. The molecular formula is C17H25ClN2O2. The van der Waals surface area contributed by atoms with Gasteiger partial charge in [0.15, 0.2) is 0 Å². The van der Waals surface area contributed by atoms with Gasteiger partial charge in [-0.25, -0.2) is 0 Å². The normalized spacial score (nSPS) is 24.1. The predicted molar refractivity (Wildman–Crippen MR) is 90.9 cm³/mol. The van der Waals surface area contributed by atoms with Gasteiger partial charge in [0, 0.05) is 18.8 Å². The average Bonchev–Trinajstić information content (AvgIpc) is 3.02. The largest absolute Gasteiger partial charge is 0.392 e. The molecule has 5 heteroatoms. The number of amides is 1. The van der Waals surface area contributed by atoms with Gasteiger partial charge in [-0.3, -0.25) is 4.79 Å². The molecule has 1 saturated heterocycles. The van der Waals surface area contributed by atoms with E-state index in [4.69, 9.17) is 0 Å². The summed E-state index contributed by atoms with van der Waals surface area (Å²) in [4.78, 5) is 14.5. The highest BCUT2D eigenvalue weighted by atomic mass is 35.5. The van der Waals surface area contributed by atoms with E-state index < -0.39 is 6.10 Å². The van der Waals surface area contributed by atoms with Crippen molar-refractivity contribution in [1.29, 1.82) is 0 Å². The Morgan fingerprint density at radius 3 is 2.68 bits per heavy atom. The Morgan fingerprint density at radius 1 is 1.36 bits per heavy atom. The molecule has 3 rings (SSSR count). The molecule has 0 aromatic heterocycles. The van der Waals surface area contributed by atoms with Crippen molar-refractivity contribution in [2.24, 2.45) is 0 Å². The fourth-order valence-electron chi connectivity index (χ4n) is 3.19. The first-order valence-electron chi connectivity index (χ1n) is 7.72. The molecule has 122 valence electrons. The molecule has 0 bridgehead atoms. The minimum absolute atomic E-state index is 0. The van der Waals surface area contributed by atoms with Gasteiger partial charge in [-0.05, 0) is 35.4 Å². The van der Waals surface area contributed by atoms with Crippen molar-refractivity contribution in [3.63, 3.8) is 0 Å². The van der Waals surface area contributed by atoms with E-state index in [0.29, 0.717) is 13.0 Å². The Labute approximate surface area is 138 Å². The number of β-amino-alcohol motifs (C(OH)–C–C–N with tert-alkyl or cyclic N) is 1. The number of aliphatic hydroxyl groups excluding tert-OH is 1. The molecule has 2 atom stereocenters. The third-order valence-electron chi connectivity index (χ3n) is 4.51. The first kappa shape index (κ1) is 17.3. The summed E-state index contributed by atoms with van der Waals surface area (Å²) in [5.41, 5.74) is 3.74. The van der Waals surface area contributed by atoms with Crippen LogP contribution in [0.25, 0.3) is 0 Å². The van der Waals surface area contributed by atoms with Crippen LogP contribution in [0, 0.1) is 0 Å². The number of hydrogen-bond donors (Lipinski definition) is 2. The third-order valence-corrected chi connectivity index (χ3v) is 4.51. The summed E-state index contributed by atoms with van der Waals surface area (Å²) in [5.74, 6) is 0.0915. The van der Waals surface area contributed by atoms with Crippen LogP contribution in [-0.2, 0) is 16.6 Å². The number of rotatable bonds is 1. The Bertz CT molecular complexity index is 568. The van der Waals surface area contributed by atoms with Crippen molar-refractivity contribution in [2.45, 2.75) is 51.2 Å². The summed E-state index contributed by atoms with van der Waals surface area (Å²) in [5, 5.41) is 12.7. The van der Waals surface area contributed by atoms with Crippen LogP contribution in [-0.4, -0.2) is 36.2 Å². The van der Waals surface area contributed by atoms with Crippen LogP contribution in [0.1, 0.15) is 38.3 Å². The van der Waals surface area contributed by atoms with E-state index in [1.165, 1.54) is 11.1 Å². The van der Waals surface area contributed by atoms with Crippen LogP contribution >= 0.6 is 12.4 Å². The van der Waals surface area contributed by atoms with E-state index in [0.717, 1.165) is 18.7 Å². The smallest absolute Gasteiger partial charge is 0.244 e. The molecule has 2 heterocycles. The van der Waals surface area contributed by atoms with Gasteiger partial charge in [-0.2, -0.15) is 0 Å². The lowest BCUT2D eigenvalue weighted by Crippen LogP contribution is -2.42. The van der Waals surface area contributed by atoms with Gasteiger partial charge in [-0.1, -0.05) is 32.9 Å². The number of hydrogen-bond acceptors (Lipinski definition) is 3.